The lowest BCUT2D eigenvalue weighted by molar-refractivity contribution is -0.392. The van der Waals surface area contributed by atoms with Crippen LogP contribution in [0.25, 0.3) is 0 Å². The van der Waals surface area contributed by atoms with Gasteiger partial charge in [0.05, 0.1) is 27.6 Å². The summed E-state index contributed by atoms with van der Waals surface area (Å²) in [5, 5.41) is 34.6. The minimum atomic E-state index is -4.96. The van der Waals surface area contributed by atoms with Crippen molar-refractivity contribution >= 4 is 17.1 Å². The zero-order chi connectivity index (χ0) is 18.1. The highest BCUT2D eigenvalue weighted by Gasteiger charge is 2.38. The average molecular weight is 349 g/mol. The van der Waals surface area contributed by atoms with E-state index in [0.717, 1.165) is 6.42 Å². The van der Waals surface area contributed by atoms with Crippen molar-refractivity contribution in [1.29, 1.82) is 0 Å². The van der Waals surface area contributed by atoms with E-state index in [2.05, 4.69) is 5.32 Å². The number of hydrogen-bond donors (Lipinski definition) is 2. The lowest BCUT2D eigenvalue weighted by Crippen LogP contribution is -2.36. The summed E-state index contributed by atoms with van der Waals surface area (Å²) in [5.41, 5.74) is -4.19. The number of nitrogens with zero attached hydrogens (tertiary/aromatic N) is 2. The lowest BCUT2D eigenvalue weighted by atomic mass is 9.92. The highest BCUT2D eigenvalue weighted by molar-refractivity contribution is 5.75. The predicted molar refractivity (Wildman–Crippen MR) is 76.6 cm³/mol. The van der Waals surface area contributed by atoms with Crippen molar-refractivity contribution in [2.75, 3.05) is 5.32 Å². The van der Waals surface area contributed by atoms with Crippen LogP contribution in [0.1, 0.15) is 31.2 Å². The molecule has 0 spiro atoms. The largest absolute Gasteiger partial charge is 0.416 e. The summed E-state index contributed by atoms with van der Waals surface area (Å²) in [6, 6.07) is -0.192. The van der Waals surface area contributed by atoms with Crippen LogP contribution in [0.2, 0.25) is 0 Å². The third-order valence-electron chi connectivity index (χ3n) is 3.88. The lowest BCUT2D eigenvalue weighted by Gasteiger charge is -2.28. The topological polar surface area (TPSA) is 119 Å². The van der Waals surface area contributed by atoms with Gasteiger partial charge in [-0.25, -0.2) is 0 Å². The summed E-state index contributed by atoms with van der Waals surface area (Å²) < 4.78 is 38.5. The van der Waals surface area contributed by atoms with E-state index in [1.807, 2.05) is 0 Å². The number of rotatable bonds is 4. The summed E-state index contributed by atoms with van der Waals surface area (Å²) in [6.45, 7) is 0. The zero-order valence-corrected chi connectivity index (χ0v) is 12.2. The van der Waals surface area contributed by atoms with Gasteiger partial charge in [0, 0.05) is 12.1 Å². The molecule has 1 saturated carbocycles. The highest BCUT2D eigenvalue weighted by Crippen LogP contribution is 2.42. The molecule has 0 heterocycles. The van der Waals surface area contributed by atoms with Gasteiger partial charge in [-0.1, -0.05) is 12.8 Å². The van der Waals surface area contributed by atoms with Crippen molar-refractivity contribution in [3.8, 4) is 0 Å². The summed E-state index contributed by atoms with van der Waals surface area (Å²) in [5.74, 6) is 0. The van der Waals surface area contributed by atoms with Crippen LogP contribution >= 0.6 is 0 Å². The van der Waals surface area contributed by atoms with Crippen LogP contribution in [0.15, 0.2) is 12.1 Å². The van der Waals surface area contributed by atoms with E-state index in [0.29, 0.717) is 19.3 Å². The van der Waals surface area contributed by atoms with Crippen molar-refractivity contribution in [2.45, 2.75) is 44.0 Å². The van der Waals surface area contributed by atoms with Gasteiger partial charge >= 0.3 is 6.18 Å². The third kappa shape index (κ3) is 3.72. The van der Waals surface area contributed by atoms with Crippen LogP contribution in [-0.4, -0.2) is 27.1 Å². The molecule has 0 amide bonds. The second-order valence-corrected chi connectivity index (χ2v) is 5.50. The number of halogens is 3. The molecule has 0 aliphatic heterocycles. The van der Waals surface area contributed by atoms with Crippen LogP contribution in [-0.2, 0) is 6.18 Å². The van der Waals surface area contributed by atoms with Gasteiger partial charge < -0.3 is 10.4 Å². The Morgan fingerprint density at radius 3 is 2.00 bits per heavy atom. The second-order valence-electron chi connectivity index (χ2n) is 5.50. The summed E-state index contributed by atoms with van der Waals surface area (Å²) in [6.07, 6.45) is -3.62. The molecule has 0 saturated heterocycles. The van der Waals surface area contributed by atoms with Crippen molar-refractivity contribution in [3.05, 3.63) is 37.9 Å². The standard InChI is InChI=1S/C13H14F3N3O5/c14-13(15,16)7-5-9(18(21)22)12(10(6-7)19(23)24)17-8-3-1-2-4-11(8)20/h5-6,8,11,17,20H,1-4H2/t8-,11-/m0/s1. The number of aliphatic hydroxyl groups excluding tert-OH is 1. The fraction of sp³-hybridized carbons (Fsp3) is 0.538. The fourth-order valence-electron chi connectivity index (χ4n) is 2.68. The first kappa shape index (κ1) is 17.9. The van der Waals surface area contributed by atoms with E-state index in [4.69, 9.17) is 0 Å². The van der Waals surface area contributed by atoms with Crippen molar-refractivity contribution in [1.82, 2.24) is 0 Å². The average Bonchev–Trinajstić information content (AvgIpc) is 2.47. The van der Waals surface area contributed by atoms with Crippen molar-refractivity contribution in [3.63, 3.8) is 0 Å². The number of alkyl halides is 3. The van der Waals surface area contributed by atoms with Gasteiger partial charge in [0.1, 0.15) is 0 Å². The number of nitro benzene ring substituents is 2. The Hall–Kier alpha value is -2.43. The Morgan fingerprint density at radius 1 is 1.08 bits per heavy atom. The van der Waals surface area contributed by atoms with Gasteiger partial charge in [-0.05, 0) is 12.8 Å². The first-order chi connectivity index (χ1) is 11.1. The molecule has 132 valence electrons. The molecule has 2 N–H and O–H groups in total. The number of nitro groups is 2. The number of nitrogens with one attached hydrogen (secondary N) is 1. The number of benzene rings is 1. The molecule has 2 rings (SSSR count). The van der Waals surface area contributed by atoms with Crippen LogP contribution in [0.5, 0.6) is 0 Å². The van der Waals surface area contributed by atoms with E-state index in [1.54, 1.807) is 0 Å². The van der Waals surface area contributed by atoms with Crippen LogP contribution in [0, 0.1) is 20.2 Å². The molecule has 24 heavy (non-hydrogen) atoms. The molecule has 0 bridgehead atoms. The normalized spacial score (nSPS) is 21.3. The minimum Gasteiger partial charge on any atom is -0.391 e. The zero-order valence-electron chi connectivity index (χ0n) is 12.2. The molecule has 0 aromatic heterocycles. The van der Waals surface area contributed by atoms with E-state index in [-0.39, 0.29) is 12.1 Å². The fourth-order valence-corrected chi connectivity index (χ4v) is 2.68. The molecule has 1 aromatic carbocycles. The van der Waals surface area contributed by atoms with Crippen LogP contribution < -0.4 is 5.32 Å². The Bertz CT molecular complexity index is 630. The molecule has 1 fully saturated rings. The van der Waals surface area contributed by atoms with Gasteiger partial charge in [-0.3, -0.25) is 20.2 Å². The minimum absolute atomic E-state index is 0.255. The molecular weight excluding hydrogens is 335 g/mol. The molecule has 2 atom stereocenters. The highest BCUT2D eigenvalue weighted by atomic mass is 19.4. The van der Waals surface area contributed by atoms with Gasteiger partial charge in [0.25, 0.3) is 11.4 Å². The van der Waals surface area contributed by atoms with Gasteiger partial charge in [-0.2, -0.15) is 13.2 Å². The number of hydrogen-bond acceptors (Lipinski definition) is 6. The SMILES string of the molecule is O=[N+]([O-])c1cc(C(F)(F)F)cc([N+](=O)[O-])c1N[C@H]1CCCC[C@@H]1O. The van der Waals surface area contributed by atoms with Gasteiger partial charge in [0.15, 0.2) is 5.69 Å². The van der Waals surface area contributed by atoms with E-state index in [9.17, 15) is 38.5 Å². The summed E-state index contributed by atoms with van der Waals surface area (Å²) in [7, 11) is 0. The molecule has 11 heteroatoms. The smallest absolute Gasteiger partial charge is 0.391 e. The Morgan fingerprint density at radius 2 is 1.58 bits per heavy atom. The van der Waals surface area contributed by atoms with Crippen molar-refractivity contribution < 1.29 is 28.1 Å². The maximum atomic E-state index is 12.8. The van der Waals surface area contributed by atoms with Crippen LogP contribution in [0.4, 0.5) is 30.2 Å². The Kier molecular flexibility index (Phi) is 4.92. The van der Waals surface area contributed by atoms with E-state index >= 15 is 0 Å². The molecular formula is C13H14F3N3O5. The quantitative estimate of drug-likeness (QED) is 0.636. The monoisotopic (exact) mass is 349 g/mol. The van der Waals surface area contributed by atoms with E-state index < -0.39 is 50.8 Å². The molecule has 8 nitrogen and oxygen atoms in total. The third-order valence-corrected chi connectivity index (χ3v) is 3.88. The second kappa shape index (κ2) is 6.59. The van der Waals surface area contributed by atoms with Gasteiger partial charge in [-0.15, -0.1) is 0 Å². The molecule has 1 aliphatic rings. The van der Waals surface area contributed by atoms with Crippen molar-refractivity contribution in [2.24, 2.45) is 0 Å². The first-order valence-electron chi connectivity index (χ1n) is 7.10. The maximum absolute atomic E-state index is 12.8. The summed E-state index contributed by atoms with van der Waals surface area (Å²) in [4.78, 5) is 20.0. The Balaban J connectivity index is 2.55. The number of anilines is 1. The number of aliphatic hydroxyl groups is 1. The molecule has 0 unspecified atom stereocenters. The predicted octanol–water partition coefficient (Wildman–Crippen LogP) is 3.24. The maximum Gasteiger partial charge on any atom is 0.416 e. The summed E-state index contributed by atoms with van der Waals surface area (Å²) >= 11 is 0. The van der Waals surface area contributed by atoms with E-state index in [1.165, 1.54) is 0 Å². The first-order valence-corrected chi connectivity index (χ1v) is 7.10. The molecule has 1 aromatic rings. The Labute approximate surface area is 133 Å². The molecule has 0 radical (unpaired) electrons. The molecule has 1 aliphatic carbocycles. The van der Waals surface area contributed by atoms with Gasteiger partial charge in [0.2, 0.25) is 0 Å². The van der Waals surface area contributed by atoms with Crippen LogP contribution in [0.3, 0.4) is 0 Å².